The molecule has 24 nitrogen and oxygen atoms in total. The first-order chi connectivity index (χ1) is 60.4. The van der Waals surface area contributed by atoms with Crippen molar-refractivity contribution < 1.29 is 105 Å². The molecule has 24 heteroatoms. The number of aryl methyl sites for hydroxylation is 2. The number of unbranched alkanes of at least 4 members (excludes halogenated alkanes) is 31. The fraction of sp³-hybridized carbons (Fsp3) is 0.460. The average molecular weight is 1710 g/mol. The van der Waals surface area contributed by atoms with Gasteiger partial charge in [0.1, 0.15) is 46.0 Å². The Morgan fingerprint density at radius 1 is 0.234 bits per heavy atom. The van der Waals surface area contributed by atoms with E-state index in [9.17, 15) is 47.9 Å². The fourth-order valence-corrected chi connectivity index (χ4v) is 13.5. The van der Waals surface area contributed by atoms with E-state index in [-0.39, 0.29) is 69.2 Å². The molecule has 6 rings (SSSR count). The zero-order valence-corrected chi connectivity index (χ0v) is 72.3. The number of esters is 8. The van der Waals surface area contributed by atoms with Crippen LogP contribution in [0.5, 0.6) is 46.0 Å². The molecule has 0 heterocycles. The van der Waals surface area contributed by atoms with Gasteiger partial charge in [0.15, 0.2) is 0 Å². The Bertz CT molecular complexity index is 4010. The molecule has 0 aliphatic heterocycles. The summed E-state index contributed by atoms with van der Waals surface area (Å²) < 4.78 is 68.3. The van der Waals surface area contributed by atoms with Gasteiger partial charge in [-0.2, -0.15) is 0 Å². The van der Waals surface area contributed by atoms with E-state index in [2.05, 4.69) is 26.3 Å². The fourth-order valence-electron chi connectivity index (χ4n) is 13.5. The van der Waals surface area contributed by atoms with Crippen molar-refractivity contribution in [1.29, 1.82) is 0 Å². The standard InChI is InChI=1S/C100H128N2O22/c1-5-89(103)117-67-41-31-21-13-9-17-27-37-63-113-81-55-47-75(48-56-81)97(109)121-85-71-79(93(87(73-85)95(101)107)123-99(111)77-51-59-83(60-52-77)115-65-39-29-19-11-15-23-33-43-69-119-91(105)7-3)45-35-25-26-36-46-80-72-86(122-98(110)76-49-57-82(58-50-76)114-64-38-28-18-10-14-22-32-42-68-118-90(104)6-2)74-88(96(102)108)94(80)124-100(112)78-53-61-84(62-54-78)116-66-40-30-20-12-16-24-34-44-70-120-92(106)8-4/h5-8,47-62,71-74H,1-4,9-46,63-70H2,(H2,101,107)(H2,102,108). The third kappa shape index (κ3) is 41.8. The third-order valence-corrected chi connectivity index (χ3v) is 20.5. The van der Waals surface area contributed by atoms with Crippen LogP contribution in [0.15, 0.2) is 172 Å². The van der Waals surface area contributed by atoms with Crippen LogP contribution in [-0.4, -0.2) is 112 Å². The molecule has 0 radical (unpaired) electrons. The van der Waals surface area contributed by atoms with Gasteiger partial charge in [0.25, 0.3) is 11.8 Å². The molecule has 0 unspecified atom stereocenters. The van der Waals surface area contributed by atoms with Crippen LogP contribution in [0.1, 0.15) is 304 Å². The van der Waals surface area contributed by atoms with Crippen LogP contribution in [-0.2, 0) is 51.0 Å². The molecule has 6 aromatic rings. The number of hydrogen-bond acceptors (Lipinski definition) is 22. The highest BCUT2D eigenvalue weighted by Gasteiger charge is 2.26. The monoisotopic (exact) mass is 1710 g/mol. The SMILES string of the molecule is C=CC(=O)OCCCCCCCCCCOc1ccc(C(=O)Oc2cc(CCCCCCc3cc(OC(=O)c4ccc(OCCCCCCCCCCOC(=O)C=C)cc4)cc(C(N)=O)c3OC(=O)c3ccc(OCCCCCCCCCCOC(=O)C=C)cc3)c(OC(=O)c3ccc(OCCCCCCCCCCOC(=O)C=C)cc3)c(C(N)=O)c2)cc1. The van der Waals surface area contributed by atoms with Gasteiger partial charge in [-0.3, -0.25) is 9.59 Å². The minimum absolute atomic E-state index is 0.0292. The van der Waals surface area contributed by atoms with Gasteiger partial charge in [-0.15, -0.1) is 0 Å². The zero-order chi connectivity index (χ0) is 89.0. The van der Waals surface area contributed by atoms with E-state index in [4.69, 9.17) is 68.3 Å². The second kappa shape index (κ2) is 61.5. The first kappa shape index (κ1) is 101. The largest absolute Gasteiger partial charge is 0.494 e. The molecule has 0 aliphatic rings. The molecule has 0 spiro atoms. The lowest BCUT2D eigenvalue weighted by Crippen LogP contribution is -2.18. The van der Waals surface area contributed by atoms with Gasteiger partial charge in [-0.1, -0.05) is 193 Å². The molecule has 0 saturated heterocycles. The summed E-state index contributed by atoms with van der Waals surface area (Å²) in [6.07, 6.45) is 38.7. The van der Waals surface area contributed by atoms with Crippen molar-refractivity contribution in [3.8, 4) is 46.0 Å². The van der Waals surface area contributed by atoms with Crippen molar-refractivity contribution in [2.45, 2.75) is 244 Å². The Labute approximate surface area is 731 Å². The number of ether oxygens (including phenoxy) is 12. The van der Waals surface area contributed by atoms with Crippen molar-refractivity contribution in [1.82, 2.24) is 0 Å². The molecular formula is C100H128N2O22. The van der Waals surface area contributed by atoms with Crippen LogP contribution < -0.4 is 49.4 Å². The van der Waals surface area contributed by atoms with Crippen molar-refractivity contribution >= 4 is 59.6 Å². The van der Waals surface area contributed by atoms with Crippen LogP contribution in [0, 0.1) is 0 Å². The number of benzene rings is 6. The van der Waals surface area contributed by atoms with E-state index < -0.39 is 59.6 Å². The number of carbonyl (C=O) groups excluding carboxylic acids is 10. The van der Waals surface area contributed by atoms with Gasteiger partial charge in [-0.05, 0) is 210 Å². The molecule has 0 fully saturated rings. The van der Waals surface area contributed by atoms with Crippen LogP contribution in [0.3, 0.4) is 0 Å². The molecule has 670 valence electrons. The van der Waals surface area contributed by atoms with Gasteiger partial charge in [0, 0.05) is 24.3 Å². The van der Waals surface area contributed by atoms with Gasteiger partial charge < -0.3 is 68.3 Å². The highest BCUT2D eigenvalue weighted by atomic mass is 16.6. The molecule has 6 aromatic carbocycles. The van der Waals surface area contributed by atoms with Crippen molar-refractivity contribution in [3.05, 3.63) is 216 Å². The smallest absolute Gasteiger partial charge is 0.343 e. The first-order valence-electron chi connectivity index (χ1n) is 44.3. The minimum atomic E-state index is -0.952. The Balaban J connectivity index is 1.12. The van der Waals surface area contributed by atoms with Gasteiger partial charge in [-0.25, -0.2) is 38.4 Å². The summed E-state index contributed by atoms with van der Waals surface area (Å²) in [5.74, 6) is -4.62. The number of carbonyl (C=O) groups is 10. The predicted octanol–water partition coefficient (Wildman–Crippen LogP) is 21.0. The third-order valence-electron chi connectivity index (χ3n) is 20.5. The van der Waals surface area contributed by atoms with Gasteiger partial charge in [0.05, 0.1) is 86.2 Å². The molecule has 0 bridgehead atoms. The quantitative estimate of drug-likeness (QED) is 0.0118. The topological polar surface area (TPSA) is 333 Å². The predicted molar refractivity (Wildman–Crippen MR) is 476 cm³/mol. The Morgan fingerprint density at radius 3 is 0.637 bits per heavy atom. The van der Waals surface area contributed by atoms with E-state index >= 15 is 0 Å². The molecule has 0 atom stereocenters. The Hall–Kier alpha value is -11.8. The molecule has 0 saturated carbocycles. The highest BCUT2D eigenvalue weighted by molar-refractivity contribution is 6.01. The zero-order valence-electron chi connectivity index (χ0n) is 72.3. The summed E-state index contributed by atoms with van der Waals surface area (Å²) in [7, 11) is 0. The Morgan fingerprint density at radius 2 is 0.427 bits per heavy atom. The molecule has 2 amide bonds. The normalized spacial score (nSPS) is 10.8. The van der Waals surface area contributed by atoms with Crippen LogP contribution in [0.2, 0.25) is 0 Å². The summed E-state index contributed by atoms with van der Waals surface area (Å²) in [6.45, 7) is 17.2. The van der Waals surface area contributed by atoms with Crippen LogP contribution in [0.25, 0.3) is 0 Å². The Kier molecular flexibility index (Phi) is 50.1. The van der Waals surface area contributed by atoms with Gasteiger partial charge in [0.2, 0.25) is 0 Å². The summed E-state index contributed by atoms with van der Waals surface area (Å²) in [6, 6.07) is 31.6. The minimum Gasteiger partial charge on any atom is -0.494 e. The number of hydrogen-bond donors (Lipinski definition) is 2. The maximum atomic E-state index is 14.2. The van der Waals surface area contributed by atoms with Gasteiger partial charge >= 0.3 is 47.8 Å². The van der Waals surface area contributed by atoms with E-state index in [1.165, 1.54) is 36.4 Å². The van der Waals surface area contributed by atoms with Crippen molar-refractivity contribution in [3.63, 3.8) is 0 Å². The summed E-state index contributed by atoms with van der Waals surface area (Å²) >= 11 is 0. The second-order valence-corrected chi connectivity index (χ2v) is 30.4. The van der Waals surface area contributed by atoms with E-state index in [0.717, 1.165) is 218 Å². The highest BCUT2D eigenvalue weighted by Crippen LogP contribution is 2.36. The maximum absolute atomic E-state index is 14.2. The lowest BCUT2D eigenvalue weighted by Gasteiger charge is -2.17. The lowest BCUT2D eigenvalue weighted by molar-refractivity contribution is -0.138. The second-order valence-electron chi connectivity index (χ2n) is 30.4. The average Bonchev–Trinajstić information content (AvgIpc) is 0.804. The maximum Gasteiger partial charge on any atom is 0.343 e. The van der Waals surface area contributed by atoms with E-state index in [1.807, 2.05) is 0 Å². The molecule has 0 aliphatic carbocycles. The number of amides is 2. The number of nitrogens with two attached hydrogens (primary N) is 2. The number of rotatable bonds is 69. The molecule has 4 N–H and O–H groups in total. The molecule has 124 heavy (non-hydrogen) atoms. The molecular weight excluding hydrogens is 1580 g/mol. The lowest BCUT2D eigenvalue weighted by atomic mass is 9.98. The van der Waals surface area contributed by atoms with E-state index in [1.54, 1.807) is 97.1 Å². The summed E-state index contributed by atoms with van der Waals surface area (Å²) in [4.78, 5) is 128. The van der Waals surface area contributed by atoms with Crippen LogP contribution >= 0.6 is 0 Å². The van der Waals surface area contributed by atoms with Crippen molar-refractivity contribution in [2.24, 2.45) is 11.5 Å². The summed E-state index contributed by atoms with van der Waals surface area (Å²) in [5.41, 5.74) is 13.1. The first-order valence-corrected chi connectivity index (χ1v) is 44.3. The van der Waals surface area contributed by atoms with Crippen molar-refractivity contribution in [2.75, 3.05) is 52.9 Å². The summed E-state index contributed by atoms with van der Waals surface area (Å²) in [5, 5.41) is 0. The number of primary amides is 2. The van der Waals surface area contributed by atoms with E-state index in [0.29, 0.717) is 113 Å². The van der Waals surface area contributed by atoms with Crippen LogP contribution in [0.4, 0.5) is 0 Å². The molecule has 0 aromatic heterocycles.